The smallest absolute Gasteiger partial charge is 0.352 e. The van der Waals surface area contributed by atoms with E-state index in [0.29, 0.717) is 33.4 Å². The highest BCUT2D eigenvalue weighted by molar-refractivity contribution is 7.92. The van der Waals surface area contributed by atoms with Crippen molar-refractivity contribution in [2.75, 3.05) is 17.1 Å². The molecule has 216 valence electrons. The fourth-order valence-corrected chi connectivity index (χ4v) is 5.26. The summed E-state index contributed by atoms with van der Waals surface area (Å²) in [4.78, 5) is 28.0. The molecule has 0 spiro atoms. The minimum atomic E-state index is -4.79. The van der Waals surface area contributed by atoms with Gasteiger partial charge in [-0.15, -0.1) is 0 Å². The van der Waals surface area contributed by atoms with Crippen molar-refractivity contribution in [1.82, 2.24) is 10.2 Å². The molecule has 2 rings (SSSR count). The first-order valence-electron chi connectivity index (χ1n) is 11.9. The molecule has 0 fully saturated rings. The third-order valence-electron chi connectivity index (χ3n) is 5.96. The van der Waals surface area contributed by atoms with E-state index >= 15 is 0 Å². The monoisotopic (exact) mass is 629 g/mol. The van der Waals surface area contributed by atoms with E-state index in [4.69, 9.17) is 34.8 Å². The molecular formula is C25H29Cl3F3N3O4S. The average molecular weight is 631 g/mol. The van der Waals surface area contributed by atoms with Crippen molar-refractivity contribution < 1.29 is 31.2 Å². The number of carbonyl (C=O) groups is 2. The van der Waals surface area contributed by atoms with Gasteiger partial charge in [0.05, 0.1) is 22.5 Å². The van der Waals surface area contributed by atoms with Crippen molar-refractivity contribution in [2.45, 2.75) is 58.4 Å². The molecule has 2 amide bonds. The van der Waals surface area contributed by atoms with Crippen LogP contribution in [0.3, 0.4) is 0 Å². The second-order valence-electron chi connectivity index (χ2n) is 8.93. The van der Waals surface area contributed by atoms with Crippen molar-refractivity contribution >= 4 is 62.3 Å². The molecule has 0 saturated heterocycles. The van der Waals surface area contributed by atoms with E-state index in [1.165, 1.54) is 12.1 Å². The van der Waals surface area contributed by atoms with Crippen molar-refractivity contribution in [3.63, 3.8) is 0 Å². The Labute approximate surface area is 241 Å². The van der Waals surface area contributed by atoms with Crippen molar-refractivity contribution in [3.05, 3.63) is 62.6 Å². The number of benzene rings is 2. The molecule has 1 N–H and O–H groups in total. The Morgan fingerprint density at radius 1 is 1.00 bits per heavy atom. The van der Waals surface area contributed by atoms with Gasteiger partial charge in [0.15, 0.2) is 0 Å². The molecule has 0 aliphatic carbocycles. The van der Waals surface area contributed by atoms with Gasteiger partial charge in [-0.3, -0.25) is 13.9 Å². The van der Waals surface area contributed by atoms with Gasteiger partial charge in [0.2, 0.25) is 21.8 Å². The summed E-state index contributed by atoms with van der Waals surface area (Å²) in [5, 5.41) is 3.04. The molecule has 2 aromatic rings. The third kappa shape index (κ3) is 8.89. The lowest BCUT2D eigenvalue weighted by Crippen LogP contribution is -2.53. The molecule has 0 aliphatic rings. The number of halogens is 6. The summed E-state index contributed by atoms with van der Waals surface area (Å²) in [7, 11) is -4.30. The number of sulfonamides is 1. The van der Waals surface area contributed by atoms with Gasteiger partial charge < -0.3 is 10.2 Å². The van der Waals surface area contributed by atoms with Gasteiger partial charge >= 0.3 is 6.18 Å². The first-order valence-corrected chi connectivity index (χ1v) is 14.9. The summed E-state index contributed by atoms with van der Waals surface area (Å²) in [6.07, 6.45) is -3.27. The number of rotatable bonds is 11. The first kappa shape index (κ1) is 33.0. The Hall–Kier alpha value is -2.21. The van der Waals surface area contributed by atoms with E-state index in [0.717, 1.165) is 17.2 Å². The minimum Gasteiger partial charge on any atom is -0.352 e. The van der Waals surface area contributed by atoms with E-state index < -0.39 is 51.9 Å². The molecule has 39 heavy (non-hydrogen) atoms. The highest BCUT2D eigenvalue weighted by Crippen LogP contribution is 2.36. The van der Waals surface area contributed by atoms with Crippen molar-refractivity contribution in [3.8, 4) is 0 Å². The Morgan fingerprint density at radius 2 is 1.64 bits per heavy atom. The van der Waals surface area contributed by atoms with E-state index in [9.17, 15) is 31.2 Å². The van der Waals surface area contributed by atoms with Gasteiger partial charge in [-0.2, -0.15) is 13.2 Å². The second kappa shape index (κ2) is 13.4. The number of hydrogen-bond donors (Lipinski definition) is 1. The fraction of sp³-hybridized carbons (Fsp3) is 0.440. The van der Waals surface area contributed by atoms with Crippen LogP contribution in [0.4, 0.5) is 18.9 Å². The quantitative estimate of drug-likeness (QED) is 0.323. The lowest BCUT2D eigenvalue weighted by atomic mass is 10.1. The van der Waals surface area contributed by atoms with Crippen LogP contribution in [0.25, 0.3) is 0 Å². The lowest BCUT2D eigenvalue weighted by molar-refractivity contribution is -0.140. The summed E-state index contributed by atoms with van der Waals surface area (Å²) < 4.78 is 66.1. The van der Waals surface area contributed by atoms with E-state index in [1.54, 1.807) is 19.9 Å². The van der Waals surface area contributed by atoms with Gasteiger partial charge in [-0.05, 0) is 55.7 Å². The molecule has 2 atom stereocenters. The number of nitrogens with zero attached hydrogens (tertiary/aromatic N) is 2. The van der Waals surface area contributed by atoms with Crippen molar-refractivity contribution in [1.29, 1.82) is 0 Å². The minimum absolute atomic E-state index is 0.155. The van der Waals surface area contributed by atoms with Crippen LogP contribution < -0.4 is 9.62 Å². The largest absolute Gasteiger partial charge is 0.416 e. The standard InChI is InChI=1S/C25H29Cl3F3N3O4S/c1-5-15(3)32-24(36)21(6-2)33(13-16-7-9-18(26)12-20(16)28)23(35)14-34(39(4,37)38)22-11-17(25(29,30)31)8-10-19(22)27/h7-12,15,21H,5-6,13-14H2,1-4H3,(H,32,36)/t15-,21-/m0/s1. The molecule has 0 bridgehead atoms. The predicted molar refractivity (Wildman–Crippen MR) is 148 cm³/mol. The van der Waals surface area contributed by atoms with Crippen LogP contribution in [0.5, 0.6) is 0 Å². The lowest BCUT2D eigenvalue weighted by Gasteiger charge is -2.33. The molecule has 7 nitrogen and oxygen atoms in total. The van der Waals surface area contributed by atoms with Crippen LogP contribution in [0, 0.1) is 0 Å². The summed E-state index contributed by atoms with van der Waals surface area (Å²) in [5.74, 6) is -1.33. The van der Waals surface area contributed by atoms with E-state index in [-0.39, 0.29) is 29.1 Å². The number of anilines is 1. The zero-order chi connectivity index (χ0) is 29.7. The number of alkyl halides is 3. The summed E-state index contributed by atoms with van der Waals surface area (Å²) in [6, 6.07) is 5.46. The van der Waals surface area contributed by atoms with Gasteiger partial charge in [0.25, 0.3) is 0 Å². The van der Waals surface area contributed by atoms with Gasteiger partial charge in [0.1, 0.15) is 12.6 Å². The Bertz CT molecular complexity index is 1310. The zero-order valence-electron chi connectivity index (χ0n) is 21.7. The van der Waals surface area contributed by atoms with Gasteiger partial charge in [-0.25, -0.2) is 8.42 Å². The van der Waals surface area contributed by atoms with Crippen LogP contribution in [0.15, 0.2) is 36.4 Å². The topological polar surface area (TPSA) is 86.8 Å². The maximum atomic E-state index is 13.7. The second-order valence-corrected chi connectivity index (χ2v) is 12.1. The Kier molecular flexibility index (Phi) is 11.4. The maximum absolute atomic E-state index is 13.7. The van der Waals surface area contributed by atoms with Crippen LogP contribution in [-0.2, 0) is 32.3 Å². The molecule has 0 radical (unpaired) electrons. The van der Waals surface area contributed by atoms with Crippen LogP contribution in [0.2, 0.25) is 15.1 Å². The molecule has 0 aromatic heterocycles. The SMILES string of the molecule is CC[C@H](C)NC(=O)[C@H](CC)N(Cc1ccc(Cl)cc1Cl)C(=O)CN(c1cc(C(F)(F)F)ccc1Cl)S(C)(=O)=O. The normalized spacial score (nSPS) is 13.5. The fourth-order valence-electron chi connectivity index (χ4n) is 3.67. The first-order chi connectivity index (χ1) is 18.0. The molecule has 0 aliphatic heterocycles. The number of hydrogen-bond acceptors (Lipinski definition) is 4. The van der Waals surface area contributed by atoms with E-state index in [2.05, 4.69) is 5.32 Å². The number of amides is 2. The molecule has 14 heteroatoms. The molecule has 2 aromatic carbocycles. The zero-order valence-corrected chi connectivity index (χ0v) is 24.7. The average Bonchev–Trinajstić information content (AvgIpc) is 2.82. The predicted octanol–water partition coefficient (Wildman–Crippen LogP) is 6.15. The summed E-state index contributed by atoms with van der Waals surface area (Å²) in [6.45, 7) is 4.20. The maximum Gasteiger partial charge on any atom is 0.416 e. The highest BCUT2D eigenvalue weighted by atomic mass is 35.5. The molecule has 0 unspecified atom stereocenters. The Balaban J connectivity index is 2.58. The van der Waals surface area contributed by atoms with Crippen molar-refractivity contribution in [2.24, 2.45) is 0 Å². The highest BCUT2D eigenvalue weighted by Gasteiger charge is 2.35. The number of nitrogens with one attached hydrogen (secondary N) is 1. The van der Waals surface area contributed by atoms with Crippen LogP contribution in [0.1, 0.15) is 44.7 Å². The van der Waals surface area contributed by atoms with Gasteiger partial charge in [-0.1, -0.05) is 54.7 Å². The van der Waals surface area contributed by atoms with Crippen LogP contribution in [-0.4, -0.2) is 50.0 Å². The van der Waals surface area contributed by atoms with Gasteiger partial charge in [0, 0.05) is 22.6 Å². The molecule has 0 heterocycles. The Morgan fingerprint density at radius 3 is 2.15 bits per heavy atom. The third-order valence-corrected chi connectivity index (χ3v) is 8.00. The van der Waals surface area contributed by atoms with E-state index in [1.807, 2.05) is 6.92 Å². The molecular weight excluding hydrogens is 602 g/mol. The number of carbonyl (C=O) groups excluding carboxylic acids is 2. The van der Waals surface area contributed by atoms with Crippen LogP contribution >= 0.6 is 34.8 Å². The summed E-state index contributed by atoms with van der Waals surface area (Å²) in [5.41, 5.74) is -1.25. The summed E-state index contributed by atoms with van der Waals surface area (Å²) >= 11 is 18.4. The molecule has 0 saturated carbocycles.